The SMILES string of the molecule is COc1ccccc1NC(=O)[C@H](C)OC(=O)c1cc(Cl)c(OC(C)C)c(OC)c1. The third-order valence-corrected chi connectivity index (χ3v) is 4.12. The largest absolute Gasteiger partial charge is 0.495 e. The van der Waals surface area contributed by atoms with Crippen molar-refractivity contribution in [2.45, 2.75) is 33.0 Å². The number of rotatable bonds is 8. The van der Waals surface area contributed by atoms with E-state index in [0.29, 0.717) is 22.9 Å². The Hall–Kier alpha value is -2.93. The summed E-state index contributed by atoms with van der Waals surface area (Å²) in [6.07, 6.45) is -1.18. The number of carbonyl (C=O) groups is 2. The Morgan fingerprint density at radius 2 is 1.66 bits per heavy atom. The molecule has 8 heteroatoms. The van der Waals surface area contributed by atoms with Gasteiger partial charge < -0.3 is 24.3 Å². The highest BCUT2D eigenvalue weighted by Gasteiger charge is 2.23. The van der Waals surface area contributed by atoms with Crippen molar-refractivity contribution in [3.05, 3.63) is 47.0 Å². The van der Waals surface area contributed by atoms with E-state index < -0.39 is 18.0 Å². The van der Waals surface area contributed by atoms with E-state index in [4.69, 9.17) is 30.5 Å². The Morgan fingerprint density at radius 3 is 2.28 bits per heavy atom. The Bertz CT molecular complexity index is 883. The molecule has 0 heterocycles. The van der Waals surface area contributed by atoms with E-state index in [9.17, 15) is 9.59 Å². The molecule has 2 rings (SSSR count). The van der Waals surface area contributed by atoms with Crippen LogP contribution in [-0.4, -0.2) is 38.3 Å². The lowest BCUT2D eigenvalue weighted by Gasteiger charge is -2.17. The highest BCUT2D eigenvalue weighted by atomic mass is 35.5. The summed E-state index contributed by atoms with van der Waals surface area (Å²) in [4.78, 5) is 24.9. The van der Waals surface area contributed by atoms with Crippen LogP contribution in [0.5, 0.6) is 17.2 Å². The van der Waals surface area contributed by atoms with E-state index >= 15 is 0 Å². The van der Waals surface area contributed by atoms with Gasteiger partial charge in [0.2, 0.25) is 0 Å². The Labute approximate surface area is 174 Å². The van der Waals surface area contributed by atoms with Crippen molar-refractivity contribution in [2.75, 3.05) is 19.5 Å². The van der Waals surface area contributed by atoms with Gasteiger partial charge in [-0.25, -0.2) is 4.79 Å². The molecule has 156 valence electrons. The molecule has 0 aliphatic rings. The molecule has 1 amide bonds. The number of hydrogen-bond donors (Lipinski definition) is 1. The van der Waals surface area contributed by atoms with Gasteiger partial charge in [-0.3, -0.25) is 4.79 Å². The maximum atomic E-state index is 12.5. The van der Waals surface area contributed by atoms with Gasteiger partial charge in [-0.1, -0.05) is 23.7 Å². The van der Waals surface area contributed by atoms with Crippen LogP contribution in [0.25, 0.3) is 0 Å². The zero-order chi connectivity index (χ0) is 21.6. The fourth-order valence-electron chi connectivity index (χ4n) is 2.45. The number of hydrogen-bond acceptors (Lipinski definition) is 6. The maximum absolute atomic E-state index is 12.5. The van der Waals surface area contributed by atoms with Gasteiger partial charge in [0, 0.05) is 0 Å². The molecule has 0 aliphatic heterocycles. The molecule has 0 aliphatic carbocycles. The summed E-state index contributed by atoms with van der Waals surface area (Å²) in [7, 11) is 2.94. The molecule has 0 unspecified atom stereocenters. The van der Waals surface area contributed by atoms with Crippen LogP contribution in [0.4, 0.5) is 5.69 Å². The lowest BCUT2D eigenvalue weighted by Crippen LogP contribution is -2.30. The zero-order valence-corrected chi connectivity index (χ0v) is 17.7. The molecule has 1 N–H and O–H groups in total. The number of nitrogens with one attached hydrogen (secondary N) is 1. The lowest BCUT2D eigenvalue weighted by molar-refractivity contribution is -0.123. The van der Waals surface area contributed by atoms with E-state index in [2.05, 4.69) is 5.32 Å². The van der Waals surface area contributed by atoms with Crippen LogP contribution >= 0.6 is 11.6 Å². The normalized spacial score (nSPS) is 11.6. The molecule has 29 heavy (non-hydrogen) atoms. The molecule has 2 aromatic rings. The van der Waals surface area contributed by atoms with Gasteiger partial charge in [-0.05, 0) is 45.0 Å². The average Bonchev–Trinajstić information content (AvgIpc) is 2.69. The number of ether oxygens (including phenoxy) is 4. The summed E-state index contributed by atoms with van der Waals surface area (Å²) < 4.78 is 21.4. The fraction of sp³-hybridized carbons (Fsp3) is 0.333. The number of methoxy groups -OCH3 is 2. The smallest absolute Gasteiger partial charge is 0.339 e. The number of esters is 1. The Kier molecular flexibility index (Phi) is 7.73. The minimum atomic E-state index is -1.05. The van der Waals surface area contributed by atoms with Crippen LogP contribution in [0.3, 0.4) is 0 Å². The first-order valence-electron chi connectivity index (χ1n) is 8.95. The molecule has 7 nitrogen and oxygen atoms in total. The van der Waals surface area contributed by atoms with Crippen LogP contribution in [0.2, 0.25) is 5.02 Å². The first-order chi connectivity index (χ1) is 13.8. The van der Waals surface area contributed by atoms with Crippen LogP contribution < -0.4 is 19.5 Å². The molecular formula is C21H24ClNO6. The second-order valence-electron chi connectivity index (χ2n) is 6.39. The fourth-order valence-corrected chi connectivity index (χ4v) is 2.71. The molecule has 0 fully saturated rings. The van der Waals surface area contributed by atoms with Gasteiger partial charge in [-0.2, -0.15) is 0 Å². The first-order valence-corrected chi connectivity index (χ1v) is 9.33. The van der Waals surface area contributed by atoms with Crippen LogP contribution in [0.1, 0.15) is 31.1 Å². The molecule has 0 radical (unpaired) electrons. The average molecular weight is 422 g/mol. The number of anilines is 1. The summed E-state index contributed by atoms with van der Waals surface area (Å²) in [6, 6.07) is 9.79. The predicted octanol–water partition coefficient (Wildman–Crippen LogP) is 4.33. The zero-order valence-electron chi connectivity index (χ0n) is 16.9. The monoisotopic (exact) mass is 421 g/mol. The van der Waals surface area contributed by atoms with Gasteiger partial charge in [0.25, 0.3) is 5.91 Å². The van der Waals surface area contributed by atoms with E-state index in [1.807, 2.05) is 13.8 Å². The summed E-state index contributed by atoms with van der Waals surface area (Å²) in [6.45, 7) is 5.16. The Morgan fingerprint density at radius 1 is 1.00 bits per heavy atom. The summed E-state index contributed by atoms with van der Waals surface area (Å²) in [5.74, 6) is -0.0896. The third kappa shape index (κ3) is 5.77. The highest BCUT2D eigenvalue weighted by Crippen LogP contribution is 2.37. The lowest BCUT2D eigenvalue weighted by atomic mass is 10.2. The molecular weight excluding hydrogens is 398 g/mol. The molecule has 0 spiro atoms. The second-order valence-corrected chi connectivity index (χ2v) is 6.80. The Balaban J connectivity index is 2.12. The van der Waals surface area contributed by atoms with Gasteiger partial charge >= 0.3 is 5.97 Å². The van der Waals surface area contributed by atoms with Gasteiger partial charge in [0.15, 0.2) is 17.6 Å². The van der Waals surface area contributed by atoms with E-state index in [1.165, 1.54) is 33.3 Å². The standard InChI is InChI=1S/C21H24ClNO6/c1-12(2)28-19-15(22)10-14(11-18(19)27-5)21(25)29-13(3)20(24)23-16-8-6-7-9-17(16)26-4/h6-13H,1-5H3,(H,23,24)/t13-/m0/s1. The van der Waals surface area contributed by atoms with Gasteiger partial charge in [-0.15, -0.1) is 0 Å². The van der Waals surface area contributed by atoms with E-state index in [0.717, 1.165) is 0 Å². The van der Waals surface area contributed by atoms with Gasteiger partial charge in [0.05, 0.1) is 36.6 Å². The molecule has 1 atom stereocenters. The van der Waals surface area contributed by atoms with Crippen molar-refractivity contribution in [3.63, 3.8) is 0 Å². The molecule has 0 aromatic heterocycles. The van der Waals surface area contributed by atoms with Crippen molar-refractivity contribution in [3.8, 4) is 17.2 Å². The van der Waals surface area contributed by atoms with E-state index in [1.54, 1.807) is 24.3 Å². The molecule has 0 bridgehead atoms. The van der Waals surface area contributed by atoms with Crippen LogP contribution in [-0.2, 0) is 9.53 Å². The minimum Gasteiger partial charge on any atom is -0.495 e. The first kappa shape index (κ1) is 22.4. The van der Waals surface area contributed by atoms with E-state index in [-0.39, 0.29) is 16.7 Å². The summed E-state index contributed by atoms with van der Waals surface area (Å²) in [5.41, 5.74) is 0.614. The number of para-hydroxylation sites is 2. The topological polar surface area (TPSA) is 83.1 Å². The third-order valence-electron chi connectivity index (χ3n) is 3.84. The maximum Gasteiger partial charge on any atom is 0.339 e. The summed E-state index contributed by atoms with van der Waals surface area (Å²) >= 11 is 6.24. The van der Waals surface area contributed by atoms with Crippen LogP contribution in [0.15, 0.2) is 36.4 Å². The number of amides is 1. The van der Waals surface area contributed by atoms with Crippen molar-refractivity contribution in [1.82, 2.24) is 0 Å². The molecule has 0 saturated carbocycles. The molecule has 0 saturated heterocycles. The van der Waals surface area contributed by atoms with Crippen molar-refractivity contribution < 1.29 is 28.5 Å². The quantitative estimate of drug-likeness (QED) is 0.639. The second kappa shape index (κ2) is 10.0. The molecule has 2 aromatic carbocycles. The number of halogens is 1. The summed E-state index contributed by atoms with van der Waals surface area (Å²) in [5, 5.41) is 2.88. The van der Waals surface area contributed by atoms with Crippen molar-refractivity contribution >= 4 is 29.2 Å². The predicted molar refractivity (Wildman–Crippen MR) is 110 cm³/mol. The highest BCUT2D eigenvalue weighted by molar-refractivity contribution is 6.32. The number of carbonyl (C=O) groups excluding carboxylic acids is 2. The van der Waals surface area contributed by atoms with Gasteiger partial charge in [0.1, 0.15) is 5.75 Å². The minimum absolute atomic E-state index is 0.127. The van der Waals surface area contributed by atoms with Crippen LogP contribution in [0, 0.1) is 0 Å². The number of benzene rings is 2. The van der Waals surface area contributed by atoms with Crippen molar-refractivity contribution in [2.24, 2.45) is 0 Å². The van der Waals surface area contributed by atoms with Crippen molar-refractivity contribution in [1.29, 1.82) is 0 Å².